The lowest BCUT2D eigenvalue weighted by Crippen LogP contribution is -2.45. The first-order chi connectivity index (χ1) is 36.8. The number of allylic oxidation sites excluding steroid dienone is 1. The van der Waals surface area contributed by atoms with Crippen LogP contribution in [0.25, 0.3) is 23.2 Å². The van der Waals surface area contributed by atoms with Gasteiger partial charge in [-0.2, -0.15) is 26.3 Å². The number of hydrogen-bond acceptors (Lipinski definition) is 16. The second kappa shape index (κ2) is 24.7. The van der Waals surface area contributed by atoms with E-state index in [1.807, 2.05) is 13.8 Å². The zero-order valence-electron chi connectivity index (χ0n) is 44.2. The Hall–Kier alpha value is -6.50. The van der Waals surface area contributed by atoms with E-state index in [0.29, 0.717) is 51.9 Å². The lowest BCUT2D eigenvalue weighted by molar-refractivity contribution is -0.300. The molecule has 2 aliphatic heterocycles. The molecule has 24 heteroatoms. The van der Waals surface area contributed by atoms with Gasteiger partial charge in [-0.05, 0) is 121 Å². The van der Waals surface area contributed by atoms with Gasteiger partial charge in [0.25, 0.3) is 23.6 Å². The van der Waals surface area contributed by atoms with Crippen molar-refractivity contribution in [3.8, 4) is 23.2 Å². The second-order valence-corrected chi connectivity index (χ2v) is 22.4. The van der Waals surface area contributed by atoms with Crippen LogP contribution in [0.3, 0.4) is 0 Å². The van der Waals surface area contributed by atoms with Gasteiger partial charge in [-0.15, -0.1) is 43.9 Å². The molecule has 78 heavy (non-hydrogen) atoms. The molecular formula is C54H60F6N8O8S2. The fraction of sp³-hybridized carbons (Fsp3) is 0.444. The number of amides is 2. The van der Waals surface area contributed by atoms with Crippen molar-refractivity contribution in [2.75, 3.05) is 22.1 Å². The fourth-order valence-corrected chi connectivity index (χ4v) is 9.75. The van der Waals surface area contributed by atoms with Crippen LogP contribution in [0.15, 0.2) is 104 Å². The minimum absolute atomic E-state index is 0.0269. The van der Waals surface area contributed by atoms with Gasteiger partial charge in [0, 0.05) is 12.2 Å². The quantitative estimate of drug-likeness (QED) is 0.108. The van der Waals surface area contributed by atoms with Crippen molar-refractivity contribution in [2.45, 2.75) is 152 Å². The van der Waals surface area contributed by atoms with Gasteiger partial charge in [-0.1, -0.05) is 79.2 Å². The van der Waals surface area contributed by atoms with Crippen LogP contribution in [0.5, 0.6) is 0 Å². The van der Waals surface area contributed by atoms with Crippen LogP contribution < -0.4 is 10.6 Å². The van der Waals surface area contributed by atoms with Crippen LogP contribution in [0.2, 0.25) is 0 Å². The number of nitrogens with one attached hydrogen (secondary N) is 2. The molecule has 0 unspecified atom stereocenters. The van der Waals surface area contributed by atoms with Gasteiger partial charge >= 0.3 is 24.5 Å². The highest BCUT2D eigenvalue weighted by molar-refractivity contribution is 7.99. The van der Waals surface area contributed by atoms with Gasteiger partial charge in [0.2, 0.25) is 11.2 Å². The van der Waals surface area contributed by atoms with Crippen molar-refractivity contribution in [1.29, 1.82) is 0 Å². The average molecular weight is 1130 g/mol. The molecule has 8 rings (SSSR count). The molecule has 0 saturated heterocycles. The molecule has 6 aromatic rings. The molecular weight excluding hydrogens is 1070 g/mol. The van der Waals surface area contributed by atoms with Crippen LogP contribution in [0.4, 0.5) is 47.3 Å². The normalized spacial score (nSPS) is 18.2. The van der Waals surface area contributed by atoms with E-state index in [9.17, 15) is 35.9 Å². The van der Waals surface area contributed by atoms with Crippen molar-refractivity contribution in [3.63, 3.8) is 0 Å². The minimum atomic E-state index is -4.89. The predicted octanol–water partition coefficient (Wildman–Crippen LogP) is 14.6. The smallest absolute Gasteiger partial charge is 0.426 e. The van der Waals surface area contributed by atoms with Gasteiger partial charge in [-0.3, -0.25) is 10.6 Å². The molecule has 0 spiro atoms. The molecule has 0 fully saturated rings. The molecule has 0 saturated carbocycles. The lowest BCUT2D eigenvalue weighted by atomic mass is 9.94. The molecule has 2 N–H and O–H groups in total. The highest BCUT2D eigenvalue weighted by atomic mass is 32.2. The number of fused-ring (bicyclic) bond motifs is 10. The van der Waals surface area contributed by atoms with Crippen LogP contribution >= 0.6 is 23.5 Å². The summed E-state index contributed by atoms with van der Waals surface area (Å²) in [6.07, 6.45) is -7.15. The average Bonchev–Trinajstić information content (AvgIpc) is 4.25. The standard InChI is InChI=1S/C27H31F3N4O4S.C27H29F3N4O4S/c2*1-17-15-19(31-24(35)38-25(2,3)4)20-21-33-34-23(37-21)26(27(28,29)30,36-16-18-11-7-5-8-12-18)13-9-6-10-14-39-22(17)32-20/h5,7-8,11-12,15H,6,9-10,13-14,16H2,1-4H3,(H,31,35);5-9,11-12,15H,10,13-14,16H2,1-4H3,(H,31,35)/t2*26-/m11/s1. The first-order valence-corrected chi connectivity index (χ1v) is 26.8. The predicted molar refractivity (Wildman–Crippen MR) is 280 cm³/mol. The number of rotatable bonds is 8. The molecule has 16 nitrogen and oxygen atoms in total. The summed E-state index contributed by atoms with van der Waals surface area (Å²) >= 11 is 2.90. The van der Waals surface area contributed by atoms with Crippen LogP contribution in [0.1, 0.15) is 114 Å². The molecule has 2 aromatic carbocycles. The number of nitrogens with zero attached hydrogens (tertiary/aromatic N) is 6. The number of pyridine rings is 2. The number of benzene rings is 2. The molecule has 4 aromatic heterocycles. The molecule has 2 aliphatic rings. The maximum absolute atomic E-state index is 14.8. The number of hydrogen-bond donors (Lipinski definition) is 2. The highest BCUT2D eigenvalue weighted by Crippen LogP contribution is 2.49. The number of halogens is 6. The first-order valence-electron chi connectivity index (χ1n) is 24.9. The minimum Gasteiger partial charge on any atom is -0.444 e. The van der Waals surface area contributed by atoms with Crippen molar-refractivity contribution in [1.82, 2.24) is 30.4 Å². The summed E-state index contributed by atoms with van der Waals surface area (Å²) in [5.74, 6) is -0.804. The molecule has 0 radical (unpaired) electrons. The van der Waals surface area contributed by atoms with Crippen molar-refractivity contribution >= 4 is 47.1 Å². The Labute approximate surface area is 455 Å². The van der Waals surface area contributed by atoms with E-state index in [0.717, 1.165) is 11.1 Å². The second-order valence-electron chi connectivity index (χ2n) is 20.3. The summed E-state index contributed by atoms with van der Waals surface area (Å²) in [5.41, 5.74) is -4.18. The van der Waals surface area contributed by atoms with Crippen LogP contribution in [-0.4, -0.2) is 77.6 Å². The van der Waals surface area contributed by atoms with Crippen LogP contribution in [0, 0.1) is 13.8 Å². The maximum Gasteiger partial charge on any atom is 0.426 e. The third-order valence-electron chi connectivity index (χ3n) is 11.6. The largest absolute Gasteiger partial charge is 0.444 e. The number of ether oxygens (including phenoxy) is 4. The molecule has 8 bridgehead atoms. The molecule has 2 amide bonds. The zero-order chi connectivity index (χ0) is 56.5. The summed E-state index contributed by atoms with van der Waals surface area (Å²) in [7, 11) is 0. The van der Waals surface area contributed by atoms with E-state index in [2.05, 4.69) is 41.0 Å². The summed E-state index contributed by atoms with van der Waals surface area (Å²) in [6, 6.07) is 20.4. The van der Waals surface area contributed by atoms with E-state index in [4.69, 9.17) is 27.8 Å². The summed E-state index contributed by atoms with van der Waals surface area (Å²) < 4.78 is 122. The Balaban J connectivity index is 0.000000226. The number of thioether (sulfide) groups is 2. The molecule has 2 atom stereocenters. The number of aromatic nitrogens is 6. The monoisotopic (exact) mass is 1130 g/mol. The Morgan fingerprint density at radius 2 is 1.05 bits per heavy atom. The van der Waals surface area contributed by atoms with E-state index < -0.39 is 65.1 Å². The van der Waals surface area contributed by atoms with E-state index in [1.54, 1.807) is 120 Å². The first kappa shape index (κ1) is 59.2. The zero-order valence-corrected chi connectivity index (χ0v) is 45.8. The van der Waals surface area contributed by atoms with E-state index >= 15 is 0 Å². The van der Waals surface area contributed by atoms with Crippen LogP contribution in [-0.2, 0) is 43.4 Å². The fourth-order valence-electron chi connectivity index (χ4n) is 7.88. The van der Waals surface area contributed by atoms with Gasteiger partial charge in [-0.25, -0.2) is 19.6 Å². The highest BCUT2D eigenvalue weighted by Gasteiger charge is 2.62. The third-order valence-corrected chi connectivity index (χ3v) is 13.9. The van der Waals surface area contributed by atoms with E-state index in [-0.39, 0.29) is 60.6 Å². The summed E-state index contributed by atoms with van der Waals surface area (Å²) in [6.45, 7) is 13.3. The number of alkyl halides is 6. The van der Waals surface area contributed by atoms with Gasteiger partial charge in [0.1, 0.15) is 16.2 Å². The topological polar surface area (TPSA) is 199 Å². The SMILES string of the molecule is Cc1cc(NC(=O)OC(C)(C)C)c2nc1SCCC=CC[C@](OCc1ccccc1)(C(F)(F)F)c1nnc-2o1.Cc1cc(NC(=O)OC(C)(C)C)c2nc1SCCCCC[C@](OCc1ccccc1)(C(F)(F)F)c1nnc-2o1. The van der Waals surface area contributed by atoms with Gasteiger partial charge in [0.05, 0.1) is 29.6 Å². The van der Waals surface area contributed by atoms with Gasteiger partial charge < -0.3 is 27.8 Å². The van der Waals surface area contributed by atoms with Crippen molar-refractivity contribution in [2.24, 2.45) is 0 Å². The summed E-state index contributed by atoms with van der Waals surface area (Å²) in [4.78, 5) is 34.3. The number of aryl methyl sites for hydroxylation is 2. The van der Waals surface area contributed by atoms with Crippen molar-refractivity contribution in [3.05, 3.63) is 119 Å². The molecule has 6 heterocycles. The van der Waals surface area contributed by atoms with E-state index in [1.165, 1.54) is 29.6 Å². The number of carbonyl (C=O) groups is 2. The Morgan fingerprint density at radius 1 is 0.603 bits per heavy atom. The number of carbonyl (C=O) groups excluding carboxylic acids is 2. The Kier molecular flexibility index (Phi) is 18.7. The maximum atomic E-state index is 14.8. The lowest BCUT2D eigenvalue weighted by Gasteiger charge is -2.32. The Morgan fingerprint density at radius 3 is 1.51 bits per heavy atom. The van der Waals surface area contributed by atoms with Gasteiger partial charge in [0.15, 0.2) is 11.4 Å². The third kappa shape index (κ3) is 15.0. The molecule has 418 valence electrons. The summed E-state index contributed by atoms with van der Waals surface area (Å²) in [5, 5.41) is 22.0. The molecule has 0 aliphatic carbocycles. The van der Waals surface area contributed by atoms with Crippen molar-refractivity contribution < 1.29 is 63.7 Å². The number of anilines is 2. The Bertz CT molecular complexity index is 3010.